The minimum atomic E-state index is -3.20. The molecule has 0 N–H and O–H groups in total. The Bertz CT molecular complexity index is 221. The van der Waals surface area contributed by atoms with Crippen LogP contribution in [0.25, 0.3) is 0 Å². The van der Waals surface area contributed by atoms with Crippen molar-refractivity contribution in [2.45, 2.75) is 31.8 Å². The summed E-state index contributed by atoms with van der Waals surface area (Å²) in [6, 6.07) is 0. The van der Waals surface area contributed by atoms with Gasteiger partial charge in [-0.2, -0.15) is 0 Å². The molecule has 2 rings (SSSR count). The quantitative estimate of drug-likeness (QED) is 0.577. The fourth-order valence-corrected chi connectivity index (χ4v) is 3.39. The second-order valence-corrected chi connectivity index (χ2v) is 5.99. The van der Waals surface area contributed by atoms with E-state index in [-0.39, 0.29) is 6.10 Å². The van der Waals surface area contributed by atoms with Gasteiger partial charge in [0.1, 0.15) is 0 Å². The van der Waals surface area contributed by atoms with E-state index in [0.717, 1.165) is 19.3 Å². The zero-order chi connectivity index (χ0) is 8.60. The molecule has 3 nitrogen and oxygen atoms in total. The van der Waals surface area contributed by atoms with Gasteiger partial charge in [-0.05, 0) is 12.8 Å². The number of hydrogen-bond donors (Lipinski definition) is 0. The third-order valence-electron chi connectivity index (χ3n) is 2.54. The van der Waals surface area contributed by atoms with Crippen molar-refractivity contribution in [3.05, 3.63) is 0 Å². The molecule has 0 bridgehead atoms. The molecule has 1 aliphatic heterocycles. The van der Waals surface area contributed by atoms with E-state index in [9.17, 15) is 4.57 Å². The SMILES string of the molecule is O=P1(Cl)OCC2CCCCC2O1. The van der Waals surface area contributed by atoms with Gasteiger partial charge >= 0.3 is 6.95 Å². The molecule has 5 heteroatoms. The normalized spacial score (nSPS) is 48.4. The van der Waals surface area contributed by atoms with Gasteiger partial charge in [0.2, 0.25) is 0 Å². The molecule has 0 aromatic rings. The Kier molecular flexibility index (Phi) is 2.48. The van der Waals surface area contributed by atoms with Crippen molar-refractivity contribution < 1.29 is 13.6 Å². The van der Waals surface area contributed by atoms with Gasteiger partial charge in [0.15, 0.2) is 0 Å². The van der Waals surface area contributed by atoms with Gasteiger partial charge < -0.3 is 0 Å². The third kappa shape index (κ3) is 1.85. The fourth-order valence-electron chi connectivity index (χ4n) is 1.88. The van der Waals surface area contributed by atoms with Crippen LogP contribution in [0.5, 0.6) is 0 Å². The standard InChI is InChI=1S/C7H12ClO3P/c8-12(9)10-5-6-3-1-2-4-7(6)11-12/h6-7H,1-5H2. The first-order chi connectivity index (χ1) is 5.67. The van der Waals surface area contributed by atoms with E-state index < -0.39 is 6.95 Å². The maximum atomic E-state index is 11.2. The summed E-state index contributed by atoms with van der Waals surface area (Å²) in [4.78, 5) is 0. The summed E-state index contributed by atoms with van der Waals surface area (Å²) in [5.74, 6) is 0.416. The summed E-state index contributed by atoms with van der Waals surface area (Å²) in [6.45, 7) is -2.70. The van der Waals surface area contributed by atoms with Gasteiger partial charge in [-0.15, -0.1) is 0 Å². The highest BCUT2D eigenvalue weighted by molar-refractivity contribution is 7.81. The summed E-state index contributed by atoms with van der Waals surface area (Å²) in [5, 5.41) is 0. The summed E-state index contributed by atoms with van der Waals surface area (Å²) >= 11 is 5.50. The molecular weight excluding hydrogens is 199 g/mol. The molecule has 70 valence electrons. The molecule has 0 radical (unpaired) electrons. The van der Waals surface area contributed by atoms with Crippen LogP contribution in [0.2, 0.25) is 0 Å². The number of halogens is 1. The second-order valence-electron chi connectivity index (χ2n) is 3.41. The van der Waals surface area contributed by atoms with Gasteiger partial charge in [0.25, 0.3) is 0 Å². The lowest BCUT2D eigenvalue weighted by Crippen LogP contribution is -2.33. The highest BCUT2D eigenvalue weighted by Crippen LogP contribution is 2.59. The molecule has 1 saturated carbocycles. The molecular formula is C7H12ClO3P. The van der Waals surface area contributed by atoms with Crippen LogP contribution >= 0.6 is 18.2 Å². The first-order valence-electron chi connectivity index (χ1n) is 4.30. The molecule has 0 amide bonds. The van der Waals surface area contributed by atoms with Crippen LogP contribution in [0.1, 0.15) is 25.7 Å². The lowest BCUT2D eigenvalue weighted by Gasteiger charge is -2.36. The number of fused-ring (bicyclic) bond motifs is 1. The van der Waals surface area contributed by atoms with Gasteiger partial charge in [-0.3, -0.25) is 9.05 Å². The monoisotopic (exact) mass is 210 g/mol. The average molecular weight is 211 g/mol. The lowest BCUT2D eigenvalue weighted by atomic mass is 9.87. The molecule has 0 spiro atoms. The van der Waals surface area contributed by atoms with E-state index in [0.29, 0.717) is 12.5 Å². The highest BCUT2D eigenvalue weighted by Gasteiger charge is 2.39. The molecule has 0 aromatic heterocycles. The van der Waals surface area contributed by atoms with E-state index in [1.807, 2.05) is 0 Å². The number of rotatable bonds is 0. The van der Waals surface area contributed by atoms with Crippen LogP contribution in [0.15, 0.2) is 0 Å². The topological polar surface area (TPSA) is 35.5 Å². The molecule has 3 atom stereocenters. The molecule has 1 heterocycles. The Labute approximate surface area is 76.7 Å². The molecule has 12 heavy (non-hydrogen) atoms. The Morgan fingerprint density at radius 3 is 2.92 bits per heavy atom. The maximum Gasteiger partial charge on any atom is 0.424 e. The summed E-state index contributed by atoms with van der Waals surface area (Å²) in [6.07, 6.45) is 4.54. The molecule has 2 fully saturated rings. The van der Waals surface area contributed by atoms with Gasteiger partial charge in [0.05, 0.1) is 12.7 Å². The Hall–Kier alpha value is 0.440. The first kappa shape index (κ1) is 9.01. The van der Waals surface area contributed by atoms with Crippen LogP contribution in [0, 0.1) is 5.92 Å². The van der Waals surface area contributed by atoms with Crippen molar-refractivity contribution in [3.63, 3.8) is 0 Å². The zero-order valence-corrected chi connectivity index (χ0v) is 8.39. The molecule has 1 saturated heterocycles. The van der Waals surface area contributed by atoms with Crippen molar-refractivity contribution in [2.75, 3.05) is 6.61 Å². The first-order valence-corrected chi connectivity index (χ1v) is 6.75. The minimum Gasteiger partial charge on any atom is -0.297 e. The summed E-state index contributed by atoms with van der Waals surface area (Å²) in [7, 11) is 0. The van der Waals surface area contributed by atoms with E-state index in [4.69, 9.17) is 20.3 Å². The van der Waals surface area contributed by atoms with Crippen LogP contribution < -0.4 is 0 Å². The van der Waals surface area contributed by atoms with Crippen molar-refractivity contribution in [1.82, 2.24) is 0 Å². The summed E-state index contributed by atoms with van der Waals surface area (Å²) in [5.41, 5.74) is 0. The highest BCUT2D eigenvalue weighted by atomic mass is 35.7. The zero-order valence-electron chi connectivity index (χ0n) is 6.74. The van der Waals surface area contributed by atoms with E-state index >= 15 is 0 Å². The van der Waals surface area contributed by atoms with Gasteiger partial charge in [-0.25, -0.2) is 4.57 Å². The third-order valence-corrected chi connectivity index (χ3v) is 4.06. The predicted octanol–water partition coefficient (Wildman–Crippen LogP) is 2.94. The average Bonchev–Trinajstić information content (AvgIpc) is 2.02. The Balaban J connectivity index is 2.03. The molecule has 0 aromatic carbocycles. The van der Waals surface area contributed by atoms with Crippen LogP contribution in [-0.2, 0) is 13.6 Å². The Morgan fingerprint density at radius 2 is 2.08 bits per heavy atom. The molecule has 2 aliphatic rings. The summed E-state index contributed by atoms with van der Waals surface area (Å²) < 4.78 is 21.3. The molecule has 1 aliphatic carbocycles. The van der Waals surface area contributed by atoms with Crippen molar-refractivity contribution in [1.29, 1.82) is 0 Å². The second kappa shape index (κ2) is 3.30. The molecule has 3 unspecified atom stereocenters. The van der Waals surface area contributed by atoms with Gasteiger partial charge in [0, 0.05) is 17.2 Å². The smallest absolute Gasteiger partial charge is 0.297 e. The Morgan fingerprint density at radius 1 is 1.33 bits per heavy atom. The maximum absolute atomic E-state index is 11.2. The number of hydrogen-bond acceptors (Lipinski definition) is 3. The van der Waals surface area contributed by atoms with Crippen LogP contribution in [-0.4, -0.2) is 12.7 Å². The fraction of sp³-hybridized carbons (Fsp3) is 1.00. The largest absolute Gasteiger partial charge is 0.424 e. The van der Waals surface area contributed by atoms with E-state index in [1.54, 1.807) is 0 Å². The lowest BCUT2D eigenvalue weighted by molar-refractivity contribution is 0.00894. The van der Waals surface area contributed by atoms with Crippen molar-refractivity contribution >= 4 is 18.2 Å². The van der Waals surface area contributed by atoms with E-state index in [1.165, 1.54) is 6.42 Å². The van der Waals surface area contributed by atoms with Crippen LogP contribution in [0.4, 0.5) is 0 Å². The van der Waals surface area contributed by atoms with Crippen molar-refractivity contribution in [3.8, 4) is 0 Å². The minimum absolute atomic E-state index is 0.0795. The van der Waals surface area contributed by atoms with E-state index in [2.05, 4.69) is 0 Å². The predicted molar refractivity (Wildman–Crippen MR) is 46.2 cm³/mol. The van der Waals surface area contributed by atoms with Crippen LogP contribution in [0.3, 0.4) is 0 Å². The van der Waals surface area contributed by atoms with Gasteiger partial charge in [-0.1, -0.05) is 12.8 Å². The van der Waals surface area contributed by atoms with Crippen molar-refractivity contribution in [2.24, 2.45) is 5.92 Å².